The maximum absolute atomic E-state index is 5.07. The molecular weight excluding hydrogens is 184 g/mol. The molecule has 0 heterocycles. The van der Waals surface area contributed by atoms with Crippen molar-refractivity contribution < 1.29 is 0 Å². The molecule has 0 rings (SSSR count). The summed E-state index contributed by atoms with van der Waals surface area (Å²) in [5, 5.41) is 14.1. The van der Waals surface area contributed by atoms with E-state index in [1.165, 1.54) is 6.21 Å². The number of hydrogen-bond donors (Lipinski definition) is 4. The molecule has 8 N–H and O–H groups in total. The van der Waals surface area contributed by atoms with Gasteiger partial charge < -0.3 is 22.9 Å². The van der Waals surface area contributed by atoms with Crippen molar-refractivity contribution >= 4 is 23.8 Å². The van der Waals surface area contributed by atoms with Gasteiger partial charge in [-0.3, -0.25) is 0 Å². The Kier molecular flexibility index (Phi) is 5.43. The van der Waals surface area contributed by atoms with E-state index in [9.17, 15) is 0 Å². The Morgan fingerprint density at radius 2 is 1.57 bits per heavy atom. The fourth-order valence-corrected chi connectivity index (χ4v) is 0.464. The zero-order valence-corrected chi connectivity index (χ0v) is 7.88. The molecule has 0 atom stereocenters. The number of nitrogens with two attached hydrogens (primary N) is 4. The third-order valence-electron chi connectivity index (χ3n) is 0.978. The Labute approximate surface area is 81.4 Å². The van der Waals surface area contributed by atoms with E-state index in [1.807, 2.05) is 0 Å². The summed E-state index contributed by atoms with van der Waals surface area (Å²) in [5.41, 5.74) is 20.9. The van der Waals surface area contributed by atoms with Crippen molar-refractivity contribution in [3.63, 3.8) is 0 Å². The van der Waals surface area contributed by atoms with Crippen LogP contribution in [0.3, 0.4) is 0 Å². The van der Waals surface area contributed by atoms with Crippen LogP contribution in [0.25, 0.3) is 0 Å². The van der Waals surface area contributed by atoms with Gasteiger partial charge >= 0.3 is 0 Å². The van der Waals surface area contributed by atoms with E-state index >= 15 is 0 Å². The van der Waals surface area contributed by atoms with Crippen LogP contribution in [0.4, 0.5) is 0 Å². The average molecular weight is 198 g/mol. The third kappa shape index (κ3) is 7.98. The molecule has 0 aromatic heterocycles. The van der Waals surface area contributed by atoms with Gasteiger partial charge in [0.25, 0.3) is 0 Å². The summed E-state index contributed by atoms with van der Waals surface area (Å²) in [6.07, 6.45) is 1.95. The highest BCUT2D eigenvalue weighted by Gasteiger charge is 1.87. The molecule has 0 aromatic carbocycles. The lowest BCUT2D eigenvalue weighted by molar-refractivity contribution is 1.17. The van der Waals surface area contributed by atoms with Gasteiger partial charge in [0.05, 0.1) is 0 Å². The first-order valence-corrected chi connectivity index (χ1v) is 3.75. The molecule has 0 aliphatic rings. The summed E-state index contributed by atoms with van der Waals surface area (Å²) in [6.45, 7) is 1.74. The highest BCUT2D eigenvalue weighted by atomic mass is 15.3. The van der Waals surface area contributed by atoms with E-state index in [0.29, 0.717) is 12.1 Å². The minimum absolute atomic E-state index is 0.0921. The molecule has 0 saturated heterocycles. The van der Waals surface area contributed by atoms with Crippen LogP contribution in [-0.2, 0) is 0 Å². The van der Waals surface area contributed by atoms with Crippen LogP contribution in [0.2, 0.25) is 0 Å². The second kappa shape index (κ2) is 6.40. The molecule has 0 amide bonds. The topological polar surface area (TPSA) is 154 Å². The fourth-order valence-electron chi connectivity index (χ4n) is 0.464. The van der Waals surface area contributed by atoms with Crippen LogP contribution in [0.5, 0.6) is 0 Å². The van der Waals surface area contributed by atoms with Gasteiger partial charge in [0.1, 0.15) is 0 Å². The highest BCUT2D eigenvalue weighted by molar-refractivity contribution is 5.94. The normalized spacial score (nSPS) is 11.4. The van der Waals surface area contributed by atoms with E-state index < -0.39 is 0 Å². The SMILES string of the molecule is C/C(C/C=N/N=C(N)N)=N\N=C(N)N. The Morgan fingerprint density at radius 3 is 2.07 bits per heavy atom. The van der Waals surface area contributed by atoms with Crippen molar-refractivity contribution in [1.29, 1.82) is 0 Å². The molecule has 0 radical (unpaired) electrons. The van der Waals surface area contributed by atoms with Crippen molar-refractivity contribution in [2.45, 2.75) is 13.3 Å². The molecule has 0 fully saturated rings. The second-order valence-corrected chi connectivity index (χ2v) is 2.39. The molecule has 8 nitrogen and oxygen atoms in total. The van der Waals surface area contributed by atoms with E-state index in [2.05, 4.69) is 20.4 Å². The maximum atomic E-state index is 5.07. The van der Waals surface area contributed by atoms with E-state index in [1.54, 1.807) is 6.92 Å². The second-order valence-electron chi connectivity index (χ2n) is 2.39. The Balaban J connectivity index is 4.02. The first kappa shape index (κ1) is 11.9. The number of nitrogens with zero attached hydrogens (tertiary/aromatic N) is 4. The number of rotatable bonds is 4. The first-order valence-electron chi connectivity index (χ1n) is 3.75. The van der Waals surface area contributed by atoms with Crippen molar-refractivity contribution in [3.8, 4) is 0 Å². The Hall–Kier alpha value is -2.12. The van der Waals surface area contributed by atoms with Gasteiger partial charge in [-0.2, -0.15) is 10.2 Å². The Morgan fingerprint density at radius 1 is 1.00 bits per heavy atom. The molecule has 0 saturated carbocycles. The third-order valence-corrected chi connectivity index (χ3v) is 0.978. The quantitative estimate of drug-likeness (QED) is 0.241. The van der Waals surface area contributed by atoms with Crippen LogP contribution in [-0.4, -0.2) is 23.8 Å². The molecule has 78 valence electrons. The van der Waals surface area contributed by atoms with Crippen LogP contribution in [0.15, 0.2) is 20.4 Å². The largest absolute Gasteiger partial charge is 0.369 e. The lowest BCUT2D eigenvalue weighted by atomic mass is 10.3. The van der Waals surface area contributed by atoms with Gasteiger partial charge in [0.15, 0.2) is 0 Å². The Bertz CT molecular complexity index is 278. The highest BCUT2D eigenvalue weighted by Crippen LogP contribution is 1.84. The van der Waals surface area contributed by atoms with E-state index in [-0.39, 0.29) is 11.9 Å². The van der Waals surface area contributed by atoms with Crippen molar-refractivity contribution in [2.75, 3.05) is 0 Å². The summed E-state index contributed by atoms with van der Waals surface area (Å²) < 4.78 is 0. The van der Waals surface area contributed by atoms with Crippen LogP contribution in [0, 0.1) is 0 Å². The van der Waals surface area contributed by atoms with Crippen LogP contribution >= 0.6 is 0 Å². The molecule has 0 spiro atoms. The van der Waals surface area contributed by atoms with E-state index in [4.69, 9.17) is 22.9 Å². The molecule has 0 aliphatic heterocycles. The minimum Gasteiger partial charge on any atom is -0.369 e. The fraction of sp³-hybridized carbons (Fsp3) is 0.333. The van der Waals surface area contributed by atoms with Crippen molar-refractivity contribution in [1.82, 2.24) is 0 Å². The summed E-state index contributed by atoms with van der Waals surface area (Å²) in [7, 11) is 0. The molecule has 8 heteroatoms. The van der Waals surface area contributed by atoms with Gasteiger partial charge in [-0.25, -0.2) is 0 Å². The van der Waals surface area contributed by atoms with Gasteiger partial charge in [-0.15, -0.1) is 10.2 Å². The van der Waals surface area contributed by atoms with Gasteiger partial charge in [0.2, 0.25) is 11.9 Å². The minimum atomic E-state index is -0.0972. The molecule has 0 aromatic rings. The van der Waals surface area contributed by atoms with Crippen molar-refractivity contribution in [3.05, 3.63) is 0 Å². The molecule has 0 bridgehead atoms. The molecule has 0 unspecified atom stereocenters. The summed E-state index contributed by atoms with van der Waals surface area (Å²) >= 11 is 0. The first-order chi connectivity index (χ1) is 6.52. The summed E-state index contributed by atoms with van der Waals surface area (Å²) in [5.74, 6) is -0.189. The molecule has 0 aliphatic carbocycles. The summed E-state index contributed by atoms with van der Waals surface area (Å²) in [6, 6.07) is 0. The zero-order chi connectivity index (χ0) is 11.0. The van der Waals surface area contributed by atoms with Crippen LogP contribution in [0.1, 0.15) is 13.3 Å². The van der Waals surface area contributed by atoms with Crippen LogP contribution < -0.4 is 22.9 Å². The van der Waals surface area contributed by atoms with Gasteiger partial charge in [0, 0.05) is 18.3 Å². The number of guanidine groups is 2. The van der Waals surface area contributed by atoms with Crippen molar-refractivity contribution in [2.24, 2.45) is 43.3 Å². The number of hydrogen-bond acceptors (Lipinski definition) is 4. The smallest absolute Gasteiger partial charge is 0.211 e. The molecular formula is C6H14N8. The lowest BCUT2D eigenvalue weighted by Crippen LogP contribution is -2.22. The monoisotopic (exact) mass is 198 g/mol. The standard InChI is InChI=1S/C6H14N8/c1-4(12-14-6(9)10)2-3-11-13-5(7)8/h3H,2H2,1H3,(H4,7,8,13)(H4,9,10,14)/b11-3+,12-4+. The predicted molar refractivity (Wildman–Crippen MR) is 57.8 cm³/mol. The van der Waals surface area contributed by atoms with Gasteiger partial charge in [-0.05, 0) is 6.92 Å². The lowest BCUT2D eigenvalue weighted by Gasteiger charge is -1.90. The zero-order valence-electron chi connectivity index (χ0n) is 7.88. The predicted octanol–water partition coefficient (Wildman–Crippen LogP) is -1.71. The van der Waals surface area contributed by atoms with Gasteiger partial charge in [-0.1, -0.05) is 0 Å². The molecule has 14 heavy (non-hydrogen) atoms. The average Bonchev–Trinajstić information content (AvgIpc) is 2.08. The van der Waals surface area contributed by atoms with E-state index in [0.717, 1.165) is 0 Å². The summed E-state index contributed by atoms with van der Waals surface area (Å²) in [4.78, 5) is 0. The maximum Gasteiger partial charge on any atom is 0.211 e.